The van der Waals surface area contributed by atoms with Gasteiger partial charge in [-0.25, -0.2) is 8.78 Å². The van der Waals surface area contributed by atoms with Crippen molar-refractivity contribution in [3.05, 3.63) is 35.4 Å². The van der Waals surface area contributed by atoms with E-state index in [4.69, 9.17) is 4.74 Å². The summed E-state index contributed by atoms with van der Waals surface area (Å²) in [6, 6.07) is 3.09. The van der Waals surface area contributed by atoms with E-state index in [0.29, 0.717) is 25.2 Å². The molecule has 1 fully saturated rings. The van der Waals surface area contributed by atoms with Gasteiger partial charge in [0, 0.05) is 5.56 Å². The third kappa shape index (κ3) is 4.00. The fourth-order valence-corrected chi connectivity index (χ4v) is 2.58. The fourth-order valence-electron chi connectivity index (χ4n) is 2.58. The summed E-state index contributed by atoms with van der Waals surface area (Å²) in [5, 5.41) is 2.71. The van der Waals surface area contributed by atoms with E-state index >= 15 is 0 Å². The molecule has 1 heterocycles. The molecule has 1 unspecified atom stereocenters. The Bertz CT molecular complexity index is 566. The summed E-state index contributed by atoms with van der Waals surface area (Å²) in [5.41, 5.74) is 0.581. The van der Waals surface area contributed by atoms with Gasteiger partial charge < -0.3 is 15.0 Å². The van der Waals surface area contributed by atoms with E-state index in [9.17, 15) is 18.4 Å². The van der Waals surface area contributed by atoms with E-state index in [-0.39, 0.29) is 18.9 Å². The lowest BCUT2D eigenvalue weighted by Gasteiger charge is -2.31. The molecule has 1 aliphatic heterocycles. The number of nitrogens with one attached hydrogen (secondary N) is 2. The molecule has 0 aromatic heterocycles. The predicted octanol–water partition coefficient (Wildman–Crippen LogP) is -0.199. The molecule has 1 aliphatic rings. The molecule has 2 N–H and O–H groups in total. The van der Waals surface area contributed by atoms with Crippen LogP contribution in [0.4, 0.5) is 8.78 Å². The number of rotatable bonds is 5. The van der Waals surface area contributed by atoms with Crippen molar-refractivity contribution in [1.29, 1.82) is 0 Å². The van der Waals surface area contributed by atoms with Gasteiger partial charge in [0.05, 0.1) is 19.7 Å². The molecule has 1 saturated heterocycles. The lowest BCUT2D eigenvalue weighted by atomic mass is 10.1. The molecule has 2 atom stereocenters. The van der Waals surface area contributed by atoms with E-state index < -0.39 is 23.6 Å². The molecule has 0 aliphatic carbocycles. The van der Waals surface area contributed by atoms with Crippen LogP contribution in [0.3, 0.4) is 0 Å². The van der Waals surface area contributed by atoms with Gasteiger partial charge in [-0.15, -0.1) is 0 Å². The number of halogens is 2. The zero-order chi connectivity index (χ0) is 16.1. The quantitative estimate of drug-likeness (QED) is 0.740. The standard InChI is InChI=1S/C15H18F2N2O3/c1-2-22-14(20)8-13-15(21)18-5-6-19(13)9-10-3-4-11(16)12(17)7-10/h3-4,7,13H,2,5-6,8-9H2,1H3,(H,18,21)/p+1/t13-/m0/s1. The maximum atomic E-state index is 13.3. The smallest absolute Gasteiger partial charge is 0.312 e. The molecule has 0 bridgehead atoms. The van der Waals surface area contributed by atoms with Crippen LogP contribution < -0.4 is 10.2 Å². The third-order valence-corrected chi connectivity index (χ3v) is 3.65. The van der Waals surface area contributed by atoms with Crippen LogP contribution in [-0.2, 0) is 20.9 Å². The predicted molar refractivity (Wildman–Crippen MR) is 73.9 cm³/mol. The Labute approximate surface area is 127 Å². The second kappa shape index (κ2) is 7.31. The SMILES string of the molecule is CCOC(=O)C[C@H]1C(=O)NCC[NH+]1Cc1ccc(F)c(F)c1. The molecule has 22 heavy (non-hydrogen) atoms. The molecular formula is C15H19F2N2O3+. The Hall–Kier alpha value is -2.02. The highest BCUT2D eigenvalue weighted by Gasteiger charge is 2.35. The number of benzene rings is 1. The van der Waals surface area contributed by atoms with Crippen LogP contribution in [0.5, 0.6) is 0 Å². The van der Waals surface area contributed by atoms with Crippen LogP contribution in [0.15, 0.2) is 18.2 Å². The maximum absolute atomic E-state index is 13.3. The summed E-state index contributed by atoms with van der Waals surface area (Å²) in [7, 11) is 0. The highest BCUT2D eigenvalue weighted by molar-refractivity contribution is 5.85. The molecule has 2 rings (SSSR count). The molecule has 0 saturated carbocycles. The van der Waals surface area contributed by atoms with Crippen LogP contribution in [0.25, 0.3) is 0 Å². The van der Waals surface area contributed by atoms with Crippen molar-refractivity contribution < 1.29 is 28.0 Å². The summed E-state index contributed by atoms with van der Waals surface area (Å²) < 4.78 is 31.1. The number of hydrogen-bond acceptors (Lipinski definition) is 3. The highest BCUT2D eigenvalue weighted by Crippen LogP contribution is 2.08. The number of ether oxygens (including phenoxy) is 1. The van der Waals surface area contributed by atoms with Gasteiger partial charge in [0.2, 0.25) is 0 Å². The highest BCUT2D eigenvalue weighted by atomic mass is 19.2. The summed E-state index contributed by atoms with van der Waals surface area (Å²) in [4.78, 5) is 24.4. The van der Waals surface area contributed by atoms with Gasteiger partial charge in [0.15, 0.2) is 17.7 Å². The van der Waals surface area contributed by atoms with E-state index in [0.717, 1.165) is 17.0 Å². The molecule has 1 aromatic carbocycles. The van der Waals surface area contributed by atoms with Gasteiger partial charge in [-0.1, -0.05) is 6.07 Å². The van der Waals surface area contributed by atoms with Gasteiger partial charge >= 0.3 is 5.97 Å². The van der Waals surface area contributed by atoms with Gasteiger partial charge in [-0.2, -0.15) is 0 Å². The van der Waals surface area contributed by atoms with Crippen molar-refractivity contribution in [2.75, 3.05) is 19.7 Å². The zero-order valence-corrected chi connectivity index (χ0v) is 12.3. The first-order chi connectivity index (χ1) is 10.5. The first-order valence-corrected chi connectivity index (χ1v) is 7.23. The molecular weight excluding hydrogens is 294 g/mol. The Morgan fingerprint density at radius 1 is 1.41 bits per heavy atom. The monoisotopic (exact) mass is 313 g/mol. The van der Waals surface area contributed by atoms with Crippen LogP contribution >= 0.6 is 0 Å². The van der Waals surface area contributed by atoms with E-state index in [1.54, 1.807) is 6.92 Å². The molecule has 1 amide bonds. The minimum atomic E-state index is -0.916. The first kappa shape index (κ1) is 16.4. The maximum Gasteiger partial charge on any atom is 0.312 e. The van der Waals surface area contributed by atoms with Crippen molar-refractivity contribution >= 4 is 11.9 Å². The number of carbonyl (C=O) groups excluding carboxylic acids is 2. The van der Waals surface area contributed by atoms with E-state index in [1.165, 1.54) is 6.07 Å². The topological polar surface area (TPSA) is 59.8 Å². The van der Waals surface area contributed by atoms with Crippen LogP contribution in [-0.4, -0.2) is 37.6 Å². The fraction of sp³-hybridized carbons (Fsp3) is 0.467. The Balaban J connectivity index is 2.09. The molecule has 0 radical (unpaired) electrons. The summed E-state index contributed by atoms with van der Waals surface area (Å²) in [5.74, 6) is -2.48. The Morgan fingerprint density at radius 2 is 2.18 bits per heavy atom. The van der Waals surface area contributed by atoms with Crippen molar-refractivity contribution in [2.24, 2.45) is 0 Å². The second-order valence-electron chi connectivity index (χ2n) is 5.19. The van der Waals surface area contributed by atoms with Crippen molar-refractivity contribution in [2.45, 2.75) is 25.9 Å². The number of hydrogen-bond donors (Lipinski definition) is 2. The zero-order valence-electron chi connectivity index (χ0n) is 12.3. The van der Waals surface area contributed by atoms with Gasteiger partial charge in [0.25, 0.3) is 5.91 Å². The molecule has 5 nitrogen and oxygen atoms in total. The van der Waals surface area contributed by atoms with Crippen molar-refractivity contribution in [1.82, 2.24) is 5.32 Å². The number of quaternary nitrogens is 1. The molecule has 120 valence electrons. The minimum Gasteiger partial charge on any atom is -0.466 e. The van der Waals surface area contributed by atoms with Crippen LogP contribution in [0.2, 0.25) is 0 Å². The lowest BCUT2D eigenvalue weighted by Crippen LogP contribution is -3.18. The lowest BCUT2D eigenvalue weighted by molar-refractivity contribution is -0.930. The second-order valence-corrected chi connectivity index (χ2v) is 5.19. The Kier molecular flexibility index (Phi) is 5.43. The third-order valence-electron chi connectivity index (χ3n) is 3.65. The number of amides is 1. The van der Waals surface area contributed by atoms with E-state index in [1.807, 2.05) is 0 Å². The number of esters is 1. The minimum absolute atomic E-state index is 0.0291. The number of carbonyl (C=O) groups is 2. The average molecular weight is 313 g/mol. The van der Waals surface area contributed by atoms with Crippen LogP contribution in [0, 0.1) is 11.6 Å². The summed E-state index contributed by atoms with van der Waals surface area (Å²) >= 11 is 0. The van der Waals surface area contributed by atoms with Crippen LogP contribution in [0.1, 0.15) is 18.9 Å². The van der Waals surface area contributed by atoms with Crippen molar-refractivity contribution in [3.63, 3.8) is 0 Å². The normalized spacial score (nSPS) is 21.3. The Morgan fingerprint density at radius 3 is 2.86 bits per heavy atom. The van der Waals surface area contributed by atoms with Gasteiger partial charge in [-0.3, -0.25) is 9.59 Å². The van der Waals surface area contributed by atoms with Gasteiger partial charge in [0.1, 0.15) is 13.0 Å². The largest absolute Gasteiger partial charge is 0.466 e. The average Bonchev–Trinajstić information content (AvgIpc) is 2.47. The summed E-state index contributed by atoms with van der Waals surface area (Å²) in [6.45, 7) is 3.39. The van der Waals surface area contributed by atoms with E-state index in [2.05, 4.69) is 5.32 Å². The van der Waals surface area contributed by atoms with Gasteiger partial charge in [-0.05, 0) is 19.1 Å². The molecule has 0 spiro atoms. The summed E-state index contributed by atoms with van der Waals surface area (Å²) in [6.07, 6.45) is -0.0291. The van der Waals surface area contributed by atoms with Crippen molar-refractivity contribution in [3.8, 4) is 0 Å². The number of piperazine rings is 1. The molecule has 7 heteroatoms. The first-order valence-electron chi connectivity index (χ1n) is 7.23. The molecule has 1 aromatic rings.